The zero-order valence-corrected chi connectivity index (χ0v) is 13.8. The summed E-state index contributed by atoms with van der Waals surface area (Å²) in [5, 5.41) is 0. The highest BCUT2D eigenvalue weighted by Crippen LogP contribution is 2.30. The van der Waals surface area contributed by atoms with Crippen molar-refractivity contribution in [1.29, 1.82) is 0 Å². The zero-order valence-electron chi connectivity index (χ0n) is 13.8. The molecule has 7 nitrogen and oxygen atoms in total. The standard InChI is InChI=1S/C17H21NO6/c1-3-22-16(20)14-15(17(21)23-4-2)18(14)10-13(19)24-11-12-8-6-5-7-9-12/h5-9,14-15H,3-4,10-11H2,1-2H3/t14-,15-/m0/s1. The van der Waals surface area contributed by atoms with E-state index in [4.69, 9.17) is 14.2 Å². The fourth-order valence-electron chi connectivity index (χ4n) is 2.39. The second-order valence-electron chi connectivity index (χ2n) is 5.21. The van der Waals surface area contributed by atoms with Crippen molar-refractivity contribution in [3.63, 3.8) is 0 Å². The van der Waals surface area contributed by atoms with Gasteiger partial charge in [0.2, 0.25) is 0 Å². The third-order valence-corrected chi connectivity index (χ3v) is 3.53. The number of carbonyl (C=O) groups is 3. The van der Waals surface area contributed by atoms with Gasteiger partial charge in [0.25, 0.3) is 0 Å². The average Bonchev–Trinajstić information content (AvgIpc) is 3.28. The first-order valence-corrected chi connectivity index (χ1v) is 7.87. The van der Waals surface area contributed by atoms with Crippen LogP contribution < -0.4 is 0 Å². The normalized spacial score (nSPS) is 21.7. The van der Waals surface area contributed by atoms with E-state index in [1.54, 1.807) is 13.8 Å². The number of carbonyl (C=O) groups excluding carboxylic acids is 3. The Balaban J connectivity index is 1.89. The Kier molecular flexibility index (Phi) is 6.31. The van der Waals surface area contributed by atoms with Gasteiger partial charge < -0.3 is 14.2 Å². The van der Waals surface area contributed by atoms with Crippen LogP contribution in [-0.4, -0.2) is 54.7 Å². The maximum atomic E-state index is 12.0. The number of benzene rings is 1. The fraction of sp³-hybridized carbons (Fsp3) is 0.471. The van der Waals surface area contributed by atoms with Gasteiger partial charge in [-0.2, -0.15) is 0 Å². The van der Waals surface area contributed by atoms with E-state index < -0.39 is 30.0 Å². The molecule has 0 bridgehead atoms. The quantitative estimate of drug-likeness (QED) is 0.397. The van der Waals surface area contributed by atoms with E-state index in [1.165, 1.54) is 4.90 Å². The Morgan fingerprint density at radius 1 is 0.917 bits per heavy atom. The first-order valence-electron chi connectivity index (χ1n) is 7.87. The van der Waals surface area contributed by atoms with Crippen LogP contribution in [0.4, 0.5) is 0 Å². The van der Waals surface area contributed by atoms with E-state index in [0.717, 1.165) is 5.56 Å². The third-order valence-electron chi connectivity index (χ3n) is 3.53. The lowest BCUT2D eigenvalue weighted by atomic mass is 10.2. The highest BCUT2D eigenvalue weighted by atomic mass is 16.6. The van der Waals surface area contributed by atoms with Crippen molar-refractivity contribution in [3.8, 4) is 0 Å². The van der Waals surface area contributed by atoms with E-state index in [0.29, 0.717) is 0 Å². The lowest BCUT2D eigenvalue weighted by Gasteiger charge is -2.06. The molecule has 1 aromatic rings. The summed E-state index contributed by atoms with van der Waals surface area (Å²) >= 11 is 0. The predicted molar refractivity (Wildman–Crippen MR) is 83.8 cm³/mol. The van der Waals surface area contributed by atoms with E-state index in [-0.39, 0.29) is 26.4 Å². The summed E-state index contributed by atoms with van der Waals surface area (Å²) in [7, 11) is 0. The van der Waals surface area contributed by atoms with Crippen LogP contribution in [0.1, 0.15) is 19.4 Å². The van der Waals surface area contributed by atoms with E-state index >= 15 is 0 Å². The van der Waals surface area contributed by atoms with Gasteiger partial charge in [-0.3, -0.25) is 19.3 Å². The molecule has 0 spiro atoms. The van der Waals surface area contributed by atoms with Crippen LogP contribution in [0.2, 0.25) is 0 Å². The molecule has 1 fully saturated rings. The van der Waals surface area contributed by atoms with Gasteiger partial charge in [-0.15, -0.1) is 0 Å². The number of nitrogens with zero attached hydrogens (tertiary/aromatic N) is 1. The molecule has 0 saturated carbocycles. The van der Waals surface area contributed by atoms with Gasteiger partial charge in [0.05, 0.1) is 19.8 Å². The summed E-state index contributed by atoms with van der Waals surface area (Å²) in [6.45, 7) is 3.74. The van der Waals surface area contributed by atoms with Gasteiger partial charge in [0, 0.05) is 0 Å². The molecule has 0 unspecified atom stereocenters. The molecule has 0 N–H and O–H groups in total. The van der Waals surface area contributed by atoms with Crippen molar-refractivity contribution in [2.24, 2.45) is 0 Å². The minimum Gasteiger partial charge on any atom is -0.465 e. The average molecular weight is 335 g/mol. The molecule has 24 heavy (non-hydrogen) atoms. The Morgan fingerprint density at radius 2 is 1.46 bits per heavy atom. The largest absolute Gasteiger partial charge is 0.465 e. The summed E-state index contributed by atoms with van der Waals surface area (Å²) in [5.41, 5.74) is 0.862. The predicted octanol–water partition coefficient (Wildman–Crippen LogP) is 0.909. The van der Waals surface area contributed by atoms with Crippen LogP contribution in [0.25, 0.3) is 0 Å². The minimum absolute atomic E-state index is 0.141. The minimum atomic E-state index is -0.784. The van der Waals surface area contributed by atoms with Crippen molar-refractivity contribution < 1.29 is 28.6 Å². The maximum Gasteiger partial charge on any atom is 0.325 e. The van der Waals surface area contributed by atoms with Crippen molar-refractivity contribution in [3.05, 3.63) is 35.9 Å². The molecule has 7 heteroatoms. The number of rotatable bonds is 8. The first kappa shape index (κ1) is 17.9. The van der Waals surface area contributed by atoms with E-state index in [1.807, 2.05) is 30.3 Å². The molecule has 1 saturated heterocycles. The van der Waals surface area contributed by atoms with Crippen molar-refractivity contribution >= 4 is 17.9 Å². The fourth-order valence-corrected chi connectivity index (χ4v) is 2.39. The summed E-state index contributed by atoms with van der Waals surface area (Å²) in [4.78, 5) is 37.1. The van der Waals surface area contributed by atoms with Crippen LogP contribution in [-0.2, 0) is 35.2 Å². The SMILES string of the molecule is CCOC(=O)[C@@H]1[C@@H](C(=O)OCC)N1CC(=O)OCc1ccccc1. The molecule has 1 heterocycles. The highest BCUT2D eigenvalue weighted by Gasteiger charge is 2.59. The van der Waals surface area contributed by atoms with Gasteiger partial charge in [-0.05, 0) is 19.4 Å². The first-order chi connectivity index (χ1) is 11.6. The van der Waals surface area contributed by atoms with Gasteiger partial charge in [-0.25, -0.2) is 0 Å². The van der Waals surface area contributed by atoms with Gasteiger partial charge in [-0.1, -0.05) is 30.3 Å². The second kappa shape index (κ2) is 8.44. The highest BCUT2D eigenvalue weighted by molar-refractivity contribution is 5.94. The molecule has 130 valence electrons. The van der Waals surface area contributed by atoms with E-state index in [2.05, 4.69) is 0 Å². The van der Waals surface area contributed by atoms with Crippen molar-refractivity contribution in [1.82, 2.24) is 4.90 Å². The van der Waals surface area contributed by atoms with Gasteiger partial charge in [0.15, 0.2) is 0 Å². The third kappa shape index (κ3) is 4.55. The second-order valence-corrected chi connectivity index (χ2v) is 5.21. The van der Waals surface area contributed by atoms with E-state index in [9.17, 15) is 14.4 Å². The topological polar surface area (TPSA) is 81.9 Å². The zero-order chi connectivity index (χ0) is 17.5. The van der Waals surface area contributed by atoms with Crippen molar-refractivity contribution in [2.75, 3.05) is 19.8 Å². The molecule has 0 aliphatic carbocycles. The maximum absolute atomic E-state index is 12.0. The van der Waals surface area contributed by atoms with Crippen LogP contribution >= 0.6 is 0 Å². The molecule has 2 atom stereocenters. The Bertz CT molecular complexity index is 564. The lowest BCUT2D eigenvalue weighted by molar-refractivity contribution is -0.147. The molecular weight excluding hydrogens is 314 g/mol. The summed E-state index contributed by atoms with van der Waals surface area (Å²) in [6, 6.07) is 7.68. The number of ether oxygens (including phenoxy) is 3. The Morgan fingerprint density at radius 3 is 1.96 bits per heavy atom. The molecule has 1 aromatic carbocycles. The Hall–Kier alpha value is -2.41. The van der Waals surface area contributed by atoms with Crippen LogP contribution in [0.5, 0.6) is 0 Å². The van der Waals surface area contributed by atoms with Crippen LogP contribution in [0.3, 0.4) is 0 Å². The van der Waals surface area contributed by atoms with Crippen LogP contribution in [0, 0.1) is 0 Å². The molecule has 1 aliphatic rings. The number of hydrogen-bond donors (Lipinski definition) is 0. The monoisotopic (exact) mass is 335 g/mol. The smallest absolute Gasteiger partial charge is 0.325 e. The summed E-state index contributed by atoms with van der Waals surface area (Å²) in [6.07, 6.45) is 0. The molecular formula is C17H21NO6. The molecule has 2 rings (SSSR count). The molecule has 0 amide bonds. The molecule has 0 aromatic heterocycles. The van der Waals surface area contributed by atoms with Gasteiger partial charge in [0.1, 0.15) is 18.7 Å². The molecule has 1 aliphatic heterocycles. The van der Waals surface area contributed by atoms with Gasteiger partial charge >= 0.3 is 17.9 Å². The number of esters is 3. The molecule has 0 radical (unpaired) electrons. The Labute approximate surface area is 140 Å². The summed E-state index contributed by atoms with van der Waals surface area (Å²) in [5.74, 6) is -1.59. The van der Waals surface area contributed by atoms with Crippen LogP contribution in [0.15, 0.2) is 30.3 Å². The number of hydrogen-bond acceptors (Lipinski definition) is 7. The van der Waals surface area contributed by atoms with Crippen molar-refractivity contribution in [2.45, 2.75) is 32.5 Å². The lowest BCUT2D eigenvalue weighted by Crippen LogP contribution is -2.22. The summed E-state index contributed by atoms with van der Waals surface area (Å²) < 4.78 is 15.0.